The highest BCUT2D eigenvalue weighted by atomic mass is 16.4. The molecule has 1 aromatic carbocycles. The van der Waals surface area contributed by atoms with Crippen molar-refractivity contribution in [3.8, 4) is 22.6 Å². The molecule has 0 spiro atoms. The fraction of sp³-hybridized carbons (Fsp3) is 0.0667. The van der Waals surface area contributed by atoms with Gasteiger partial charge in [-0.25, -0.2) is 15.8 Å². The fourth-order valence-corrected chi connectivity index (χ4v) is 2.03. The zero-order valence-corrected chi connectivity index (χ0v) is 11.0. The molecule has 100 valence electrons. The van der Waals surface area contributed by atoms with E-state index in [4.69, 9.17) is 10.3 Å². The van der Waals surface area contributed by atoms with Gasteiger partial charge in [0.2, 0.25) is 0 Å². The number of oxazole rings is 1. The molecular formula is C15H14N4O. The summed E-state index contributed by atoms with van der Waals surface area (Å²) >= 11 is 0. The first-order valence-electron chi connectivity index (χ1n) is 6.24. The molecule has 0 amide bonds. The first-order chi connectivity index (χ1) is 9.78. The number of aromatic nitrogens is 2. The number of nitrogens with zero attached hydrogens (tertiary/aromatic N) is 2. The SMILES string of the molecule is Cc1nc(-c2ccccc2)c(-c2ccc(NN)nc2)o1. The number of rotatable bonds is 3. The zero-order chi connectivity index (χ0) is 13.9. The molecular weight excluding hydrogens is 252 g/mol. The van der Waals surface area contributed by atoms with Crippen molar-refractivity contribution in [2.75, 3.05) is 5.43 Å². The van der Waals surface area contributed by atoms with E-state index in [9.17, 15) is 0 Å². The van der Waals surface area contributed by atoms with Crippen LogP contribution in [-0.2, 0) is 0 Å². The molecule has 5 nitrogen and oxygen atoms in total. The van der Waals surface area contributed by atoms with Gasteiger partial charge in [0.05, 0.1) is 0 Å². The number of benzene rings is 1. The molecule has 3 rings (SSSR count). The summed E-state index contributed by atoms with van der Waals surface area (Å²) < 4.78 is 5.73. The van der Waals surface area contributed by atoms with Crippen molar-refractivity contribution in [1.82, 2.24) is 9.97 Å². The summed E-state index contributed by atoms with van der Waals surface area (Å²) in [6.45, 7) is 1.83. The van der Waals surface area contributed by atoms with E-state index in [1.165, 1.54) is 0 Å². The Morgan fingerprint density at radius 1 is 1.05 bits per heavy atom. The average molecular weight is 266 g/mol. The molecule has 0 aliphatic heterocycles. The first-order valence-corrected chi connectivity index (χ1v) is 6.24. The number of hydrogen-bond acceptors (Lipinski definition) is 5. The maximum absolute atomic E-state index is 5.73. The summed E-state index contributed by atoms with van der Waals surface area (Å²) in [4.78, 5) is 8.66. The Hall–Kier alpha value is -2.66. The molecule has 3 aromatic rings. The Bertz CT molecular complexity index is 704. The van der Waals surface area contributed by atoms with Crippen LogP contribution in [0.1, 0.15) is 5.89 Å². The molecule has 0 saturated carbocycles. The molecule has 0 unspecified atom stereocenters. The molecule has 0 radical (unpaired) electrons. The van der Waals surface area contributed by atoms with Gasteiger partial charge >= 0.3 is 0 Å². The van der Waals surface area contributed by atoms with Crippen LogP contribution in [0, 0.1) is 6.92 Å². The lowest BCUT2D eigenvalue weighted by Crippen LogP contribution is -2.07. The number of pyridine rings is 1. The maximum atomic E-state index is 5.73. The summed E-state index contributed by atoms with van der Waals surface area (Å²) in [6.07, 6.45) is 1.71. The summed E-state index contributed by atoms with van der Waals surface area (Å²) in [6, 6.07) is 13.6. The van der Waals surface area contributed by atoms with E-state index in [2.05, 4.69) is 15.4 Å². The topological polar surface area (TPSA) is 77.0 Å². The van der Waals surface area contributed by atoms with Crippen LogP contribution in [0.2, 0.25) is 0 Å². The Labute approximate surface area is 116 Å². The molecule has 2 heterocycles. The van der Waals surface area contributed by atoms with Gasteiger partial charge in [-0.15, -0.1) is 0 Å². The second kappa shape index (κ2) is 5.14. The third-order valence-corrected chi connectivity index (χ3v) is 2.95. The van der Waals surface area contributed by atoms with Crippen molar-refractivity contribution in [2.45, 2.75) is 6.92 Å². The van der Waals surface area contributed by atoms with Gasteiger partial charge < -0.3 is 9.84 Å². The lowest BCUT2D eigenvalue weighted by molar-refractivity contribution is 0.534. The monoisotopic (exact) mass is 266 g/mol. The third-order valence-electron chi connectivity index (χ3n) is 2.95. The third kappa shape index (κ3) is 2.26. The molecule has 5 heteroatoms. The van der Waals surface area contributed by atoms with E-state index in [0.29, 0.717) is 17.5 Å². The second-order valence-electron chi connectivity index (χ2n) is 4.35. The van der Waals surface area contributed by atoms with Gasteiger partial charge in [0.25, 0.3) is 0 Å². The molecule has 0 atom stereocenters. The van der Waals surface area contributed by atoms with Crippen molar-refractivity contribution >= 4 is 5.82 Å². The number of nitrogens with two attached hydrogens (primary N) is 1. The van der Waals surface area contributed by atoms with Gasteiger partial charge in [0.15, 0.2) is 11.7 Å². The molecule has 0 aliphatic rings. The van der Waals surface area contributed by atoms with Crippen molar-refractivity contribution < 1.29 is 4.42 Å². The van der Waals surface area contributed by atoms with Crippen LogP contribution in [0.15, 0.2) is 53.1 Å². The lowest BCUT2D eigenvalue weighted by atomic mass is 10.1. The average Bonchev–Trinajstić information content (AvgIpc) is 2.90. The van der Waals surface area contributed by atoms with Gasteiger partial charge in [0.1, 0.15) is 11.5 Å². The van der Waals surface area contributed by atoms with Crippen LogP contribution < -0.4 is 11.3 Å². The van der Waals surface area contributed by atoms with Crippen molar-refractivity contribution in [3.63, 3.8) is 0 Å². The van der Waals surface area contributed by atoms with Crippen LogP contribution in [-0.4, -0.2) is 9.97 Å². The Balaban J connectivity index is 2.09. The normalized spacial score (nSPS) is 10.5. The highest BCUT2D eigenvalue weighted by Gasteiger charge is 2.15. The Morgan fingerprint density at radius 2 is 1.85 bits per heavy atom. The Kier molecular flexibility index (Phi) is 3.18. The molecule has 20 heavy (non-hydrogen) atoms. The maximum Gasteiger partial charge on any atom is 0.192 e. The lowest BCUT2D eigenvalue weighted by Gasteiger charge is -2.02. The van der Waals surface area contributed by atoms with Crippen molar-refractivity contribution in [3.05, 3.63) is 54.6 Å². The number of anilines is 1. The summed E-state index contributed by atoms with van der Waals surface area (Å²) in [7, 11) is 0. The minimum Gasteiger partial charge on any atom is -0.440 e. The Morgan fingerprint density at radius 3 is 2.50 bits per heavy atom. The molecule has 0 saturated heterocycles. The van der Waals surface area contributed by atoms with Crippen molar-refractivity contribution in [1.29, 1.82) is 0 Å². The predicted molar refractivity (Wildman–Crippen MR) is 77.7 cm³/mol. The molecule has 0 aliphatic carbocycles. The highest BCUT2D eigenvalue weighted by molar-refractivity contribution is 5.76. The second-order valence-corrected chi connectivity index (χ2v) is 4.35. The standard InChI is InChI=1S/C15H14N4O/c1-10-18-14(11-5-3-2-4-6-11)15(20-10)12-7-8-13(19-16)17-9-12/h2-9H,16H2,1H3,(H,17,19). The van der Waals surface area contributed by atoms with Crippen LogP contribution >= 0.6 is 0 Å². The zero-order valence-electron chi connectivity index (χ0n) is 11.0. The van der Waals surface area contributed by atoms with Crippen LogP contribution in [0.3, 0.4) is 0 Å². The van der Waals surface area contributed by atoms with E-state index < -0.39 is 0 Å². The van der Waals surface area contributed by atoms with Crippen LogP contribution in [0.25, 0.3) is 22.6 Å². The van der Waals surface area contributed by atoms with Crippen molar-refractivity contribution in [2.24, 2.45) is 5.84 Å². The van der Waals surface area contributed by atoms with Crippen LogP contribution in [0.5, 0.6) is 0 Å². The molecule has 3 N–H and O–H groups in total. The smallest absolute Gasteiger partial charge is 0.192 e. The summed E-state index contributed by atoms with van der Waals surface area (Å²) in [5.74, 6) is 7.26. The number of nitrogen functional groups attached to an aromatic ring is 1. The predicted octanol–water partition coefficient (Wildman–Crippen LogP) is 3.00. The minimum absolute atomic E-state index is 0.603. The summed E-state index contributed by atoms with van der Waals surface area (Å²) in [5.41, 5.74) is 5.20. The summed E-state index contributed by atoms with van der Waals surface area (Å²) in [5, 5.41) is 0. The van der Waals surface area contributed by atoms with Gasteiger partial charge in [0, 0.05) is 24.2 Å². The van der Waals surface area contributed by atoms with Gasteiger partial charge in [-0.3, -0.25) is 0 Å². The fourth-order valence-electron chi connectivity index (χ4n) is 2.03. The largest absolute Gasteiger partial charge is 0.440 e. The molecule has 0 bridgehead atoms. The van der Waals surface area contributed by atoms with Gasteiger partial charge in [-0.2, -0.15) is 0 Å². The minimum atomic E-state index is 0.603. The van der Waals surface area contributed by atoms with Crippen LogP contribution in [0.4, 0.5) is 5.82 Å². The van der Waals surface area contributed by atoms with Gasteiger partial charge in [-0.1, -0.05) is 30.3 Å². The highest BCUT2D eigenvalue weighted by Crippen LogP contribution is 2.32. The van der Waals surface area contributed by atoms with E-state index in [0.717, 1.165) is 16.8 Å². The quantitative estimate of drug-likeness (QED) is 0.563. The molecule has 0 fully saturated rings. The van der Waals surface area contributed by atoms with E-state index in [1.54, 1.807) is 12.3 Å². The number of nitrogens with one attached hydrogen (secondary N) is 1. The molecule has 2 aromatic heterocycles. The number of hydrazine groups is 1. The van der Waals surface area contributed by atoms with Gasteiger partial charge in [-0.05, 0) is 12.1 Å². The van der Waals surface area contributed by atoms with E-state index >= 15 is 0 Å². The first kappa shape index (κ1) is 12.4. The van der Waals surface area contributed by atoms with E-state index in [1.807, 2.05) is 43.3 Å². The van der Waals surface area contributed by atoms with E-state index in [-0.39, 0.29) is 0 Å². The number of hydrogen-bond donors (Lipinski definition) is 2. The number of aryl methyl sites for hydroxylation is 1.